The van der Waals surface area contributed by atoms with Crippen molar-refractivity contribution in [3.05, 3.63) is 35.4 Å². The maximum absolute atomic E-state index is 14.0. The summed E-state index contributed by atoms with van der Waals surface area (Å²) in [6.45, 7) is 5.22. The zero-order chi connectivity index (χ0) is 17.3. The summed E-state index contributed by atoms with van der Waals surface area (Å²) >= 11 is 0. The standard InChI is InChI=1S/C16H19FN4O3/c1-9-3-4-12(17)11(7-9)15-19-14(20-24-15)10(2)13-8-18-5-6-21(13)16(22)23/h3-4,7,10,13,18H,5-6,8H2,1-2H3,(H,22,23)/t10?,13-/m1/s1. The molecule has 1 fully saturated rings. The van der Waals surface area contributed by atoms with E-state index in [1.807, 2.05) is 13.8 Å². The average molecular weight is 334 g/mol. The van der Waals surface area contributed by atoms with Crippen LogP contribution in [0.25, 0.3) is 11.5 Å². The highest BCUT2D eigenvalue weighted by Gasteiger charge is 2.33. The van der Waals surface area contributed by atoms with E-state index >= 15 is 0 Å². The van der Waals surface area contributed by atoms with Gasteiger partial charge in [-0.05, 0) is 19.1 Å². The first-order valence-corrected chi connectivity index (χ1v) is 7.78. The van der Waals surface area contributed by atoms with Gasteiger partial charge in [-0.15, -0.1) is 0 Å². The van der Waals surface area contributed by atoms with Crippen molar-refractivity contribution in [3.63, 3.8) is 0 Å². The molecule has 1 saturated heterocycles. The number of carboxylic acid groups (broad SMARTS) is 1. The Morgan fingerprint density at radius 2 is 2.33 bits per heavy atom. The van der Waals surface area contributed by atoms with Crippen LogP contribution in [0.15, 0.2) is 22.7 Å². The fourth-order valence-electron chi connectivity index (χ4n) is 2.91. The number of benzene rings is 1. The smallest absolute Gasteiger partial charge is 0.407 e. The normalized spacial score (nSPS) is 19.3. The van der Waals surface area contributed by atoms with Crippen molar-refractivity contribution in [3.8, 4) is 11.5 Å². The molecule has 7 nitrogen and oxygen atoms in total. The van der Waals surface area contributed by atoms with E-state index in [0.29, 0.717) is 25.5 Å². The Hall–Kier alpha value is -2.48. The van der Waals surface area contributed by atoms with E-state index in [1.54, 1.807) is 12.1 Å². The number of nitrogens with zero attached hydrogens (tertiary/aromatic N) is 3. The maximum Gasteiger partial charge on any atom is 0.407 e. The highest BCUT2D eigenvalue weighted by atomic mass is 19.1. The summed E-state index contributed by atoms with van der Waals surface area (Å²) < 4.78 is 19.2. The largest absolute Gasteiger partial charge is 0.465 e. The van der Waals surface area contributed by atoms with Gasteiger partial charge in [0, 0.05) is 25.6 Å². The van der Waals surface area contributed by atoms with Gasteiger partial charge >= 0.3 is 6.09 Å². The topological polar surface area (TPSA) is 91.5 Å². The molecule has 0 radical (unpaired) electrons. The quantitative estimate of drug-likeness (QED) is 0.894. The number of carbonyl (C=O) groups is 1. The van der Waals surface area contributed by atoms with Crippen molar-refractivity contribution >= 4 is 6.09 Å². The van der Waals surface area contributed by atoms with E-state index in [1.165, 1.54) is 11.0 Å². The van der Waals surface area contributed by atoms with Gasteiger partial charge in [0.05, 0.1) is 11.6 Å². The number of nitrogens with one attached hydrogen (secondary N) is 1. The van der Waals surface area contributed by atoms with Crippen molar-refractivity contribution in [2.75, 3.05) is 19.6 Å². The van der Waals surface area contributed by atoms with Gasteiger partial charge in [-0.25, -0.2) is 9.18 Å². The molecule has 1 aliphatic rings. The Labute approximate surface area is 138 Å². The highest BCUT2D eigenvalue weighted by molar-refractivity contribution is 5.66. The zero-order valence-corrected chi connectivity index (χ0v) is 13.5. The maximum atomic E-state index is 14.0. The molecule has 2 heterocycles. The zero-order valence-electron chi connectivity index (χ0n) is 13.5. The lowest BCUT2D eigenvalue weighted by Gasteiger charge is -2.36. The molecule has 0 bridgehead atoms. The molecule has 3 rings (SSSR count). The summed E-state index contributed by atoms with van der Waals surface area (Å²) in [4.78, 5) is 17.1. The third kappa shape index (κ3) is 3.09. The van der Waals surface area contributed by atoms with Crippen molar-refractivity contribution < 1.29 is 18.8 Å². The van der Waals surface area contributed by atoms with E-state index in [-0.39, 0.29) is 23.4 Å². The first-order valence-electron chi connectivity index (χ1n) is 7.78. The van der Waals surface area contributed by atoms with Crippen molar-refractivity contribution in [2.45, 2.75) is 25.8 Å². The van der Waals surface area contributed by atoms with Gasteiger partial charge in [0.1, 0.15) is 5.82 Å². The molecular formula is C16H19FN4O3. The Morgan fingerprint density at radius 3 is 3.08 bits per heavy atom. The summed E-state index contributed by atoms with van der Waals surface area (Å²) in [5.41, 5.74) is 1.13. The lowest BCUT2D eigenvalue weighted by atomic mass is 9.98. The second kappa shape index (κ2) is 6.56. The van der Waals surface area contributed by atoms with E-state index in [0.717, 1.165) is 5.56 Å². The van der Waals surface area contributed by atoms with Gasteiger partial charge in [0.15, 0.2) is 5.82 Å². The molecule has 2 N–H and O–H groups in total. The van der Waals surface area contributed by atoms with Crippen LogP contribution in [0.2, 0.25) is 0 Å². The fourth-order valence-corrected chi connectivity index (χ4v) is 2.91. The minimum Gasteiger partial charge on any atom is -0.465 e. The SMILES string of the molecule is Cc1ccc(F)c(-c2nc(C(C)[C@H]3CNCCN3C(=O)O)no2)c1. The third-order valence-corrected chi connectivity index (χ3v) is 4.31. The number of aryl methyl sites for hydroxylation is 1. The van der Waals surface area contributed by atoms with Gasteiger partial charge in [0.2, 0.25) is 0 Å². The average Bonchev–Trinajstić information content (AvgIpc) is 3.06. The van der Waals surface area contributed by atoms with E-state index < -0.39 is 11.9 Å². The van der Waals surface area contributed by atoms with Crippen LogP contribution in [-0.2, 0) is 0 Å². The van der Waals surface area contributed by atoms with E-state index in [9.17, 15) is 14.3 Å². The summed E-state index contributed by atoms with van der Waals surface area (Å²) in [5, 5.41) is 16.4. The summed E-state index contributed by atoms with van der Waals surface area (Å²) in [6, 6.07) is 4.36. The number of halogens is 1. The molecule has 1 aromatic heterocycles. The molecule has 1 unspecified atom stereocenters. The Morgan fingerprint density at radius 1 is 1.54 bits per heavy atom. The molecule has 1 aromatic carbocycles. The second-order valence-electron chi connectivity index (χ2n) is 5.98. The highest BCUT2D eigenvalue weighted by Crippen LogP contribution is 2.27. The molecule has 1 amide bonds. The molecule has 0 aliphatic carbocycles. The van der Waals surface area contributed by atoms with Gasteiger partial charge in [-0.1, -0.05) is 23.7 Å². The molecule has 0 spiro atoms. The third-order valence-electron chi connectivity index (χ3n) is 4.31. The van der Waals surface area contributed by atoms with Crippen molar-refractivity contribution in [1.29, 1.82) is 0 Å². The fraction of sp³-hybridized carbons (Fsp3) is 0.438. The van der Waals surface area contributed by atoms with Gasteiger partial charge in [0.25, 0.3) is 5.89 Å². The Bertz CT molecular complexity index is 749. The molecule has 24 heavy (non-hydrogen) atoms. The first kappa shape index (κ1) is 16.4. The van der Waals surface area contributed by atoms with Crippen LogP contribution in [0.1, 0.15) is 24.2 Å². The lowest BCUT2D eigenvalue weighted by molar-refractivity contribution is 0.103. The molecule has 1 aliphatic heterocycles. The van der Waals surface area contributed by atoms with Gasteiger partial charge < -0.3 is 19.8 Å². The molecule has 128 valence electrons. The van der Waals surface area contributed by atoms with Gasteiger partial charge in [-0.2, -0.15) is 4.98 Å². The van der Waals surface area contributed by atoms with Crippen LogP contribution in [-0.4, -0.2) is 51.9 Å². The van der Waals surface area contributed by atoms with E-state index in [4.69, 9.17) is 4.52 Å². The Balaban J connectivity index is 1.86. The predicted molar refractivity (Wildman–Crippen MR) is 84.2 cm³/mol. The number of rotatable bonds is 3. The lowest BCUT2D eigenvalue weighted by Crippen LogP contribution is -2.55. The first-order chi connectivity index (χ1) is 11.5. The number of hydrogen-bond donors (Lipinski definition) is 2. The number of piperazine rings is 1. The van der Waals surface area contributed by atoms with E-state index in [2.05, 4.69) is 15.5 Å². The monoisotopic (exact) mass is 334 g/mol. The molecular weight excluding hydrogens is 315 g/mol. The predicted octanol–water partition coefficient (Wildman–Crippen LogP) is 2.24. The molecule has 0 saturated carbocycles. The molecule has 2 aromatic rings. The van der Waals surface area contributed by atoms with Gasteiger partial charge in [-0.3, -0.25) is 0 Å². The number of hydrogen-bond acceptors (Lipinski definition) is 5. The summed E-state index contributed by atoms with van der Waals surface area (Å²) in [7, 11) is 0. The van der Waals surface area contributed by atoms with Crippen LogP contribution in [0, 0.1) is 12.7 Å². The van der Waals surface area contributed by atoms with Crippen LogP contribution >= 0.6 is 0 Å². The number of aromatic nitrogens is 2. The molecule has 2 atom stereocenters. The minimum absolute atomic E-state index is 0.101. The van der Waals surface area contributed by atoms with Crippen LogP contribution in [0.3, 0.4) is 0 Å². The van der Waals surface area contributed by atoms with Crippen LogP contribution in [0.5, 0.6) is 0 Å². The van der Waals surface area contributed by atoms with Crippen molar-refractivity contribution in [1.82, 2.24) is 20.4 Å². The number of amides is 1. The Kier molecular flexibility index (Phi) is 4.48. The minimum atomic E-state index is -0.971. The second-order valence-corrected chi connectivity index (χ2v) is 5.98. The van der Waals surface area contributed by atoms with Crippen LogP contribution < -0.4 is 5.32 Å². The van der Waals surface area contributed by atoms with Crippen LogP contribution in [0.4, 0.5) is 9.18 Å². The van der Waals surface area contributed by atoms with Crippen molar-refractivity contribution in [2.24, 2.45) is 0 Å². The summed E-state index contributed by atoms with van der Waals surface area (Å²) in [5.74, 6) is -0.247. The molecule has 8 heteroatoms. The summed E-state index contributed by atoms with van der Waals surface area (Å²) in [6.07, 6.45) is -0.971.